The van der Waals surface area contributed by atoms with Crippen molar-refractivity contribution in [3.05, 3.63) is 35.9 Å². The molecular formula is C10H15NO4S. The van der Waals surface area contributed by atoms with E-state index in [1.807, 2.05) is 30.3 Å². The van der Waals surface area contributed by atoms with Crippen LogP contribution >= 0.6 is 0 Å². The lowest BCUT2D eigenvalue weighted by Crippen LogP contribution is -2.18. The number of rotatable bonds is 2. The molecule has 0 aliphatic carbocycles. The van der Waals surface area contributed by atoms with Gasteiger partial charge in [0.05, 0.1) is 6.26 Å². The third-order valence-electron chi connectivity index (χ3n) is 1.38. The summed E-state index contributed by atoms with van der Waals surface area (Å²) in [7, 11) is -3.67. The van der Waals surface area contributed by atoms with Gasteiger partial charge in [-0.1, -0.05) is 30.3 Å². The molecule has 0 unspecified atom stereocenters. The van der Waals surface area contributed by atoms with Crippen LogP contribution in [0.2, 0.25) is 0 Å². The highest BCUT2D eigenvalue weighted by atomic mass is 32.2. The van der Waals surface area contributed by atoms with Crippen molar-refractivity contribution in [2.75, 3.05) is 6.26 Å². The van der Waals surface area contributed by atoms with Crippen molar-refractivity contribution in [2.45, 2.75) is 13.5 Å². The number of carbonyl (C=O) groups excluding carboxylic acids is 1. The predicted octanol–water partition coefficient (Wildman–Crippen LogP) is 0.827. The normalized spacial score (nSPS) is 9.94. The molecule has 0 fully saturated rings. The Balaban J connectivity index is 0.000000385. The molecule has 6 heteroatoms. The molecule has 0 spiro atoms. The largest absolute Gasteiger partial charge is 0.352 e. The van der Waals surface area contributed by atoms with Crippen LogP contribution < -0.4 is 5.32 Å². The van der Waals surface area contributed by atoms with Gasteiger partial charge in [-0.15, -0.1) is 0 Å². The lowest BCUT2D eigenvalue weighted by molar-refractivity contribution is -0.119. The predicted molar refractivity (Wildman–Crippen MR) is 61.4 cm³/mol. The van der Waals surface area contributed by atoms with Gasteiger partial charge in [0, 0.05) is 13.5 Å². The number of hydrogen-bond acceptors (Lipinski definition) is 3. The van der Waals surface area contributed by atoms with Gasteiger partial charge in [-0.3, -0.25) is 9.35 Å². The molecule has 1 aromatic carbocycles. The topological polar surface area (TPSA) is 83.5 Å². The van der Waals surface area contributed by atoms with Gasteiger partial charge in [0.2, 0.25) is 5.91 Å². The highest BCUT2D eigenvalue weighted by Gasteiger charge is 1.91. The molecule has 90 valence electrons. The van der Waals surface area contributed by atoms with E-state index >= 15 is 0 Å². The van der Waals surface area contributed by atoms with E-state index < -0.39 is 10.1 Å². The Labute approximate surface area is 95.2 Å². The molecule has 1 rings (SSSR count). The first kappa shape index (κ1) is 14.6. The Morgan fingerprint density at radius 3 is 2.12 bits per heavy atom. The number of carbonyl (C=O) groups is 1. The fraction of sp³-hybridized carbons (Fsp3) is 0.300. The molecule has 1 amide bonds. The van der Waals surface area contributed by atoms with Gasteiger partial charge in [-0.2, -0.15) is 8.42 Å². The number of benzene rings is 1. The summed E-state index contributed by atoms with van der Waals surface area (Å²) in [5.74, 6) is 0.00820. The minimum Gasteiger partial charge on any atom is -0.352 e. The summed E-state index contributed by atoms with van der Waals surface area (Å²) in [5, 5.41) is 2.72. The minimum absolute atomic E-state index is 0.00820. The Morgan fingerprint density at radius 2 is 1.75 bits per heavy atom. The maximum atomic E-state index is 10.5. The molecule has 0 heterocycles. The van der Waals surface area contributed by atoms with E-state index in [2.05, 4.69) is 5.32 Å². The average molecular weight is 245 g/mol. The molecule has 0 saturated carbocycles. The highest BCUT2D eigenvalue weighted by molar-refractivity contribution is 7.85. The maximum absolute atomic E-state index is 10.5. The first-order valence-electron chi connectivity index (χ1n) is 4.50. The number of hydrogen-bond donors (Lipinski definition) is 2. The molecule has 0 aliphatic rings. The quantitative estimate of drug-likeness (QED) is 0.756. The number of amides is 1. The number of nitrogens with one attached hydrogen (secondary N) is 1. The molecule has 1 aromatic rings. The Morgan fingerprint density at radius 1 is 1.31 bits per heavy atom. The molecular weight excluding hydrogens is 230 g/mol. The van der Waals surface area contributed by atoms with Crippen molar-refractivity contribution >= 4 is 16.0 Å². The van der Waals surface area contributed by atoms with Crippen LogP contribution in [0.5, 0.6) is 0 Å². The second-order valence-electron chi connectivity index (χ2n) is 3.13. The van der Waals surface area contributed by atoms with E-state index in [0.29, 0.717) is 12.8 Å². The minimum atomic E-state index is -3.67. The van der Waals surface area contributed by atoms with Gasteiger partial charge in [-0.05, 0) is 5.56 Å². The maximum Gasteiger partial charge on any atom is 0.261 e. The van der Waals surface area contributed by atoms with Crippen LogP contribution in [0, 0.1) is 0 Å². The first-order chi connectivity index (χ1) is 7.29. The molecule has 0 bridgehead atoms. The molecule has 0 saturated heterocycles. The lowest BCUT2D eigenvalue weighted by atomic mass is 10.2. The summed E-state index contributed by atoms with van der Waals surface area (Å²) in [6.45, 7) is 2.14. The zero-order valence-corrected chi connectivity index (χ0v) is 9.99. The zero-order valence-electron chi connectivity index (χ0n) is 9.17. The van der Waals surface area contributed by atoms with Gasteiger partial charge in [0.15, 0.2) is 0 Å². The summed E-state index contributed by atoms with van der Waals surface area (Å²) < 4.78 is 25.9. The lowest BCUT2D eigenvalue weighted by Gasteiger charge is -2.00. The molecule has 16 heavy (non-hydrogen) atoms. The van der Waals surface area contributed by atoms with Crippen LogP contribution in [0.15, 0.2) is 30.3 Å². The summed E-state index contributed by atoms with van der Waals surface area (Å²) in [4.78, 5) is 10.5. The Bertz CT molecular complexity index is 406. The van der Waals surface area contributed by atoms with Crippen LogP contribution in [0.4, 0.5) is 0 Å². The van der Waals surface area contributed by atoms with Gasteiger partial charge in [-0.25, -0.2) is 0 Å². The summed E-state index contributed by atoms with van der Waals surface area (Å²) in [5.41, 5.74) is 1.13. The summed E-state index contributed by atoms with van der Waals surface area (Å²) >= 11 is 0. The second-order valence-corrected chi connectivity index (χ2v) is 4.59. The van der Waals surface area contributed by atoms with Gasteiger partial charge >= 0.3 is 0 Å². The van der Waals surface area contributed by atoms with Crippen LogP contribution in [0.1, 0.15) is 12.5 Å². The van der Waals surface area contributed by atoms with E-state index in [4.69, 9.17) is 4.55 Å². The monoisotopic (exact) mass is 245 g/mol. The van der Waals surface area contributed by atoms with E-state index in [1.165, 1.54) is 6.92 Å². The van der Waals surface area contributed by atoms with Crippen molar-refractivity contribution in [1.29, 1.82) is 0 Å². The SMILES string of the molecule is CC(=O)NCc1ccccc1.CS(=O)(=O)O. The molecule has 0 aliphatic heterocycles. The van der Waals surface area contributed by atoms with Crippen molar-refractivity contribution in [3.63, 3.8) is 0 Å². The molecule has 5 nitrogen and oxygen atoms in total. The van der Waals surface area contributed by atoms with E-state index in [-0.39, 0.29) is 5.91 Å². The van der Waals surface area contributed by atoms with Gasteiger partial charge in [0.1, 0.15) is 0 Å². The third-order valence-corrected chi connectivity index (χ3v) is 1.38. The average Bonchev–Trinajstić information content (AvgIpc) is 2.14. The van der Waals surface area contributed by atoms with Gasteiger partial charge in [0.25, 0.3) is 10.1 Å². The van der Waals surface area contributed by atoms with Crippen molar-refractivity contribution in [3.8, 4) is 0 Å². The van der Waals surface area contributed by atoms with Crippen LogP contribution in [-0.4, -0.2) is 25.1 Å². The molecule has 0 aromatic heterocycles. The zero-order chi connectivity index (χ0) is 12.6. The second kappa shape index (κ2) is 6.97. The van der Waals surface area contributed by atoms with Crippen LogP contribution in [0.3, 0.4) is 0 Å². The van der Waals surface area contributed by atoms with E-state index in [9.17, 15) is 13.2 Å². The van der Waals surface area contributed by atoms with Crippen molar-refractivity contribution in [2.24, 2.45) is 0 Å². The highest BCUT2D eigenvalue weighted by Crippen LogP contribution is 1.96. The van der Waals surface area contributed by atoms with Crippen molar-refractivity contribution in [1.82, 2.24) is 5.32 Å². The smallest absolute Gasteiger partial charge is 0.261 e. The molecule has 0 radical (unpaired) electrons. The van der Waals surface area contributed by atoms with Crippen molar-refractivity contribution < 1.29 is 17.8 Å². The van der Waals surface area contributed by atoms with Crippen LogP contribution in [0.25, 0.3) is 0 Å². The van der Waals surface area contributed by atoms with E-state index in [0.717, 1.165) is 5.56 Å². The summed E-state index contributed by atoms with van der Waals surface area (Å²) in [6.07, 6.45) is 0.715. The Hall–Kier alpha value is -1.40. The summed E-state index contributed by atoms with van der Waals surface area (Å²) in [6, 6.07) is 9.83. The standard InChI is InChI=1S/C9H11NO.CH4O3S/c1-8(11)10-7-9-5-3-2-4-6-9;1-5(2,3)4/h2-6H,7H2,1H3,(H,10,11);1H3,(H,2,3,4). The molecule has 2 N–H and O–H groups in total. The third kappa shape index (κ3) is 12.6. The molecule has 0 atom stereocenters. The Kier molecular flexibility index (Phi) is 6.36. The van der Waals surface area contributed by atoms with Gasteiger partial charge < -0.3 is 5.32 Å². The first-order valence-corrected chi connectivity index (χ1v) is 6.34. The van der Waals surface area contributed by atoms with Crippen LogP contribution in [-0.2, 0) is 21.5 Å². The van der Waals surface area contributed by atoms with E-state index in [1.54, 1.807) is 0 Å². The fourth-order valence-electron chi connectivity index (χ4n) is 0.822. The fourth-order valence-corrected chi connectivity index (χ4v) is 0.822.